The number of aromatic nitrogens is 2. The lowest BCUT2D eigenvalue weighted by atomic mass is 10.2. The Balaban J connectivity index is 1.31. The Labute approximate surface area is 162 Å². The molecule has 0 spiro atoms. The molecule has 4 rings (SSSR count). The number of nitrogens with zero attached hydrogens (tertiary/aromatic N) is 3. The molecule has 1 aliphatic rings. The van der Waals surface area contributed by atoms with Crippen molar-refractivity contribution in [2.45, 2.75) is 16.7 Å². The van der Waals surface area contributed by atoms with E-state index in [1.54, 1.807) is 16.7 Å². The zero-order valence-electron chi connectivity index (χ0n) is 15.0. The van der Waals surface area contributed by atoms with Gasteiger partial charge >= 0.3 is 11.8 Å². The lowest BCUT2D eigenvalue weighted by Gasteiger charge is -2.37. The summed E-state index contributed by atoms with van der Waals surface area (Å²) in [7, 11) is 1.94. The van der Waals surface area contributed by atoms with Crippen LogP contribution >= 0.6 is 11.8 Å². The molecular formula is C20H20N4O2S. The fraction of sp³-hybridized carbons (Fsp3) is 0.250. The van der Waals surface area contributed by atoms with Gasteiger partial charge in [-0.25, -0.2) is 0 Å². The van der Waals surface area contributed by atoms with Gasteiger partial charge in [0, 0.05) is 35.3 Å². The Bertz CT molecular complexity index is 905. The fourth-order valence-corrected chi connectivity index (χ4v) is 4.09. The average Bonchev–Trinajstić information content (AvgIpc) is 3.16. The Morgan fingerprint density at radius 1 is 1.15 bits per heavy atom. The standard InChI is InChI=1S/C20H20N4O2S/c1-21-11-14-7-9-16(10-8-14)27-17-12-24(13-17)20(25)19-23-22-18(26-19)15-5-3-2-4-6-15/h2-10,17,21H,11-13H2,1H3. The third-order valence-corrected chi connectivity index (χ3v) is 5.55. The second-order valence-electron chi connectivity index (χ2n) is 6.40. The van der Waals surface area contributed by atoms with Crippen LogP contribution in [0.4, 0.5) is 0 Å². The first-order chi connectivity index (χ1) is 13.2. The van der Waals surface area contributed by atoms with E-state index in [0.717, 1.165) is 12.1 Å². The SMILES string of the molecule is CNCc1ccc(SC2CN(C(=O)c3nnc(-c4ccccc4)o3)C2)cc1. The molecule has 1 N–H and O–H groups in total. The molecule has 0 aliphatic carbocycles. The van der Waals surface area contributed by atoms with E-state index in [9.17, 15) is 4.79 Å². The number of likely N-dealkylation sites (tertiary alicyclic amines) is 1. The van der Waals surface area contributed by atoms with Crippen molar-refractivity contribution < 1.29 is 9.21 Å². The maximum Gasteiger partial charge on any atom is 0.311 e. The molecule has 7 heteroatoms. The third kappa shape index (κ3) is 4.04. The van der Waals surface area contributed by atoms with Crippen molar-refractivity contribution in [1.82, 2.24) is 20.4 Å². The molecule has 1 aliphatic heterocycles. The van der Waals surface area contributed by atoms with Crippen LogP contribution in [0.5, 0.6) is 0 Å². The number of carbonyl (C=O) groups is 1. The van der Waals surface area contributed by atoms with Crippen molar-refractivity contribution in [3.05, 3.63) is 66.1 Å². The summed E-state index contributed by atoms with van der Waals surface area (Å²) in [5, 5.41) is 11.4. The molecule has 1 aromatic heterocycles. The predicted octanol–water partition coefficient (Wildman–Crippen LogP) is 3.07. The van der Waals surface area contributed by atoms with Crippen molar-refractivity contribution >= 4 is 17.7 Å². The van der Waals surface area contributed by atoms with E-state index >= 15 is 0 Å². The minimum Gasteiger partial charge on any atom is -0.412 e. The molecule has 2 aromatic carbocycles. The molecular weight excluding hydrogens is 360 g/mol. The number of benzene rings is 2. The number of amides is 1. The summed E-state index contributed by atoms with van der Waals surface area (Å²) in [5.74, 6) is 0.215. The summed E-state index contributed by atoms with van der Waals surface area (Å²) in [5.41, 5.74) is 2.07. The molecule has 0 bridgehead atoms. The van der Waals surface area contributed by atoms with Gasteiger partial charge in [0.2, 0.25) is 5.89 Å². The van der Waals surface area contributed by atoms with Gasteiger partial charge in [-0.3, -0.25) is 4.79 Å². The third-order valence-electron chi connectivity index (χ3n) is 4.37. The highest BCUT2D eigenvalue weighted by Gasteiger charge is 2.34. The van der Waals surface area contributed by atoms with Crippen LogP contribution in [-0.2, 0) is 6.54 Å². The lowest BCUT2D eigenvalue weighted by Crippen LogP contribution is -2.52. The van der Waals surface area contributed by atoms with Crippen molar-refractivity contribution in [2.75, 3.05) is 20.1 Å². The molecule has 138 valence electrons. The van der Waals surface area contributed by atoms with E-state index in [1.165, 1.54) is 10.5 Å². The molecule has 3 aromatic rings. The highest BCUT2D eigenvalue weighted by molar-refractivity contribution is 8.00. The van der Waals surface area contributed by atoms with Crippen LogP contribution in [0.15, 0.2) is 63.9 Å². The number of hydrogen-bond acceptors (Lipinski definition) is 6. The molecule has 27 heavy (non-hydrogen) atoms. The molecule has 1 fully saturated rings. The average molecular weight is 380 g/mol. The summed E-state index contributed by atoms with van der Waals surface area (Å²) in [6.07, 6.45) is 0. The highest BCUT2D eigenvalue weighted by atomic mass is 32.2. The van der Waals surface area contributed by atoms with E-state index in [2.05, 4.69) is 39.8 Å². The minimum atomic E-state index is -0.203. The van der Waals surface area contributed by atoms with Crippen LogP contribution in [0.1, 0.15) is 16.2 Å². The van der Waals surface area contributed by atoms with Gasteiger partial charge in [-0.15, -0.1) is 22.0 Å². The van der Waals surface area contributed by atoms with Gasteiger partial charge in [0.25, 0.3) is 0 Å². The van der Waals surface area contributed by atoms with E-state index in [4.69, 9.17) is 4.42 Å². The molecule has 2 heterocycles. The first kappa shape index (κ1) is 17.8. The Morgan fingerprint density at radius 3 is 2.59 bits per heavy atom. The van der Waals surface area contributed by atoms with E-state index in [1.807, 2.05) is 37.4 Å². The zero-order valence-corrected chi connectivity index (χ0v) is 15.8. The van der Waals surface area contributed by atoms with E-state index in [-0.39, 0.29) is 11.8 Å². The van der Waals surface area contributed by atoms with Gasteiger partial charge in [0.1, 0.15) is 0 Å². The predicted molar refractivity (Wildman–Crippen MR) is 104 cm³/mol. The molecule has 0 saturated carbocycles. The van der Waals surface area contributed by atoms with Crippen molar-refractivity contribution in [3.63, 3.8) is 0 Å². The Hall–Kier alpha value is -2.64. The summed E-state index contributed by atoms with van der Waals surface area (Å²) in [6.45, 7) is 2.24. The number of hydrogen-bond donors (Lipinski definition) is 1. The van der Waals surface area contributed by atoms with Crippen molar-refractivity contribution in [1.29, 1.82) is 0 Å². The van der Waals surface area contributed by atoms with Crippen LogP contribution in [-0.4, -0.2) is 46.4 Å². The summed E-state index contributed by atoms with van der Waals surface area (Å²) < 4.78 is 5.55. The van der Waals surface area contributed by atoms with Crippen molar-refractivity contribution in [3.8, 4) is 11.5 Å². The monoisotopic (exact) mass is 380 g/mol. The fourth-order valence-electron chi connectivity index (χ4n) is 2.90. The number of rotatable bonds is 6. The van der Waals surface area contributed by atoms with Gasteiger partial charge in [-0.1, -0.05) is 30.3 Å². The van der Waals surface area contributed by atoms with E-state index < -0.39 is 0 Å². The van der Waals surface area contributed by atoms with Gasteiger partial charge < -0.3 is 14.6 Å². The molecule has 0 atom stereocenters. The molecule has 6 nitrogen and oxygen atoms in total. The number of thioether (sulfide) groups is 1. The topological polar surface area (TPSA) is 71.3 Å². The first-order valence-corrected chi connectivity index (χ1v) is 9.69. The van der Waals surface area contributed by atoms with Gasteiger partial charge in [0.15, 0.2) is 0 Å². The van der Waals surface area contributed by atoms with Crippen molar-refractivity contribution in [2.24, 2.45) is 0 Å². The Kier molecular flexibility index (Phi) is 5.22. The van der Waals surface area contributed by atoms with Crippen LogP contribution < -0.4 is 5.32 Å². The quantitative estimate of drug-likeness (QED) is 0.709. The molecule has 0 unspecified atom stereocenters. The first-order valence-electron chi connectivity index (χ1n) is 8.81. The van der Waals surface area contributed by atoms with Crippen LogP contribution in [0.25, 0.3) is 11.5 Å². The lowest BCUT2D eigenvalue weighted by molar-refractivity contribution is 0.0623. The zero-order chi connectivity index (χ0) is 18.6. The molecule has 1 amide bonds. The Morgan fingerprint density at radius 2 is 1.89 bits per heavy atom. The normalized spacial score (nSPS) is 14.2. The summed E-state index contributed by atoms with van der Waals surface area (Å²) >= 11 is 1.79. The largest absolute Gasteiger partial charge is 0.412 e. The van der Waals surface area contributed by atoms with Crippen LogP contribution in [0, 0.1) is 0 Å². The second-order valence-corrected chi connectivity index (χ2v) is 7.78. The maximum absolute atomic E-state index is 12.5. The van der Waals surface area contributed by atoms with Gasteiger partial charge in [-0.05, 0) is 36.9 Å². The van der Waals surface area contributed by atoms with Crippen LogP contribution in [0.3, 0.4) is 0 Å². The summed E-state index contributed by atoms with van der Waals surface area (Å²) in [6, 6.07) is 18.0. The minimum absolute atomic E-state index is 0.0497. The van der Waals surface area contributed by atoms with Gasteiger partial charge in [0.05, 0.1) is 0 Å². The number of nitrogens with one attached hydrogen (secondary N) is 1. The smallest absolute Gasteiger partial charge is 0.311 e. The summed E-state index contributed by atoms with van der Waals surface area (Å²) in [4.78, 5) is 15.5. The highest BCUT2D eigenvalue weighted by Crippen LogP contribution is 2.31. The maximum atomic E-state index is 12.5. The second kappa shape index (κ2) is 7.94. The van der Waals surface area contributed by atoms with E-state index in [0.29, 0.717) is 24.2 Å². The molecule has 0 radical (unpaired) electrons. The number of carbonyl (C=O) groups excluding carboxylic acids is 1. The van der Waals surface area contributed by atoms with Crippen LogP contribution in [0.2, 0.25) is 0 Å². The molecule has 1 saturated heterocycles. The van der Waals surface area contributed by atoms with Gasteiger partial charge in [-0.2, -0.15) is 0 Å².